The van der Waals surface area contributed by atoms with Crippen molar-refractivity contribution in [3.63, 3.8) is 0 Å². The van der Waals surface area contributed by atoms with Crippen LogP contribution in [-0.2, 0) is 4.79 Å². The van der Waals surface area contributed by atoms with Gasteiger partial charge in [0.05, 0.1) is 13.7 Å². The first-order valence-corrected chi connectivity index (χ1v) is 9.47. The molecule has 1 amide bonds. The van der Waals surface area contributed by atoms with E-state index in [1.54, 1.807) is 30.1 Å². The van der Waals surface area contributed by atoms with Gasteiger partial charge in [-0.15, -0.1) is 0 Å². The minimum Gasteiger partial charge on any atom is -0.493 e. The molecular weight excluding hydrogens is 410 g/mol. The second-order valence-electron chi connectivity index (χ2n) is 6.26. The molecule has 2 rings (SSSR count). The summed E-state index contributed by atoms with van der Waals surface area (Å²) in [5, 5.41) is 0. The Labute approximate surface area is 168 Å². The Hall–Kier alpha value is -2.34. The van der Waals surface area contributed by atoms with Crippen LogP contribution >= 0.6 is 15.9 Å². The van der Waals surface area contributed by atoms with Crippen molar-refractivity contribution in [3.05, 3.63) is 52.0 Å². The van der Waals surface area contributed by atoms with Crippen molar-refractivity contribution in [3.8, 4) is 11.5 Å². The number of carbonyl (C=O) groups excluding carboxylic acids is 2. The van der Waals surface area contributed by atoms with Crippen LogP contribution in [-0.4, -0.2) is 32.5 Å². The number of amides is 1. The van der Waals surface area contributed by atoms with Gasteiger partial charge in [0.2, 0.25) is 5.91 Å². The SMILES string of the molecule is COc1cc(C(C)=O)ccc1OCCCC(=O)N(C)c1ccc(Br)cc1C. The van der Waals surface area contributed by atoms with Crippen LogP contribution in [0.15, 0.2) is 40.9 Å². The summed E-state index contributed by atoms with van der Waals surface area (Å²) < 4.78 is 12.0. The maximum Gasteiger partial charge on any atom is 0.226 e. The summed E-state index contributed by atoms with van der Waals surface area (Å²) in [5.74, 6) is 1.07. The van der Waals surface area contributed by atoms with E-state index >= 15 is 0 Å². The van der Waals surface area contributed by atoms with Crippen molar-refractivity contribution in [2.24, 2.45) is 0 Å². The zero-order chi connectivity index (χ0) is 20.0. The molecule has 5 nitrogen and oxygen atoms in total. The molecule has 0 saturated heterocycles. The summed E-state index contributed by atoms with van der Waals surface area (Å²) in [6.45, 7) is 3.86. The highest BCUT2D eigenvalue weighted by Crippen LogP contribution is 2.28. The van der Waals surface area contributed by atoms with Gasteiger partial charge in [0.25, 0.3) is 0 Å². The van der Waals surface area contributed by atoms with E-state index in [0.29, 0.717) is 36.5 Å². The summed E-state index contributed by atoms with van der Waals surface area (Å²) in [6.07, 6.45) is 0.955. The molecule has 2 aromatic rings. The number of benzene rings is 2. The first-order chi connectivity index (χ1) is 12.8. The first kappa shape index (κ1) is 21.0. The minimum atomic E-state index is -0.0308. The smallest absolute Gasteiger partial charge is 0.226 e. The number of hydrogen-bond acceptors (Lipinski definition) is 4. The van der Waals surface area contributed by atoms with Crippen molar-refractivity contribution < 1.29 is 19.1 Å². The van der Waals surface area contributed by atoms with Crippen LogP contribution in [0.25, 0.3) is 0 Å². The molecule has 27 heavy (non-hydrogen) atoms. The standard InChI is InChI=1S/C21H24BrNO4/c1-14-12-17(22)8-9-18(14)23(3)21(25)6-5-11-27-19-10-7-16(15(2)24)13-20(19)26-4/h7-10,12-13H,5-6,11H2,1-4H3. The third-order valence-electron chi connectivity index (χ3n) is 4.26. The summed E-state index contributed by atoms with van der Waals surface area (Å²) in [7, 11) is 3.31. The van der Waals surface area contributed by atoms with Crippen molar-refractivity contribution in [1.82, 2.24) is 0 Å². The third kappa shape index (κ3) is 5.57. The molecule has 0 N–H and O–H groups in total. The molecular formula is C21H24BrNO4. The average Bonchev–Trinajstić information content (AvgIpc) is 2.64. The van der Waals surface area contributed by atoms with E-state index in [9.17, 15) is 9.59 Å². The number of Topliss-reactive ketones (excluding diaryl/α,β-unsaturated/α-hetero) is 1. The quantitative estimate of drug-likeness (QED) is 0.443. The van der Waals surface area contributed by atoms with Gasteiger partial charge in [-0.1, -0.05) is 15.9 Å². The van der Waals surface area contributed by atoms with Crippen LogP contribution in [0, 0.1) is 6.92 Å². The fourth-order valence-electron chi connectivity index (χ4n) is 2.71. The van der Waals surface area contributed by atoms with Gasteiger partial charge in [-0.2, -0.15) is 0 Å². The number of ether oxygens (including phenoxy) is 2. The molecule has 0 saturated carbocycles. The maximum atomic E-state index is 12.4. The highest BCUT2D eigenvalue weighted by molar-refractivity contribution is 9.10. The lowest BCUT2D eigenvalue weighted by atomic mass is 10.1. The van der Waals surface area contributed by atoms with E-state index in [2.05, 4.69) is 15.9 Å². The van der Waals surface area contributed by atoms with Gasteiger partial charge >= 0.3 is 0 Å². The minimum absolute atomic E-state index is 0.0305. The summed E-state index contributed by atoms with van der Waals surface area (Å²) in [4.78, 5) is 25.5. The van der Waals surface area contributed by atoms with Crippen LogP contribution in [0.3, 0.4) is 0 Å². The zero-order valence-electron chi connectivity index (χ0n) is 16.0. The summed E-state index contributed by atoms with van der Waals surface area (Å²) in [6, 6.07) is 10.9. The van der Waals surface area contributed by atoms with Gasteiger partial charge in [-0.05, 0) is 62.2 Å². The molecule has 0 heterocycles. The number of anilines is 1. The highest BCUT2D eigenvalue weighted by atomic mass is 79.9. The Morgan fingerprint density at radius 3 is 2.48 bits per heavy atom. The summed E-state index contributed by atoms with van der Waals surface area (Å²) >= 11 is 3.43. The van der Waals surface area contributed by atoms with Crippen molar-refractivity contribution >= 4 is 33.3 Å². The number of methoxy groups -OCH3 is 1. The number of halogens is 1. The molecule has 0 bridgehead atoms. The average molecular weight is 434 g/mol. The molecule has 0 atom stereocenters. The second-order valence-corrected chi connectivity index (χ2v) is 7.17. The van der Waals surface area contributed by atoms with Crippen LogP contribution in [0.1, 0.15) is 35.7 Å². The van der Waals surface area contributed by atoms with Crippen LogP contribution in [0.5, 0.6) is 11.5 Å². The molecule has 0 spiro atoms. The Morgan fingerprint density at radius 2 is 1.85 bits per heavy atom. The van der Waals surface area contributed by atoms with Gasteiger partial charge < -0.3 is 14.4 Å². The third-order valence-corrected chi connectivity index (χ3v) is 4.75. The fourth-order valence-corrected chi connectivity index (χ4v) is 3.18. The molecule has 0 aliphatic rings. The van der Waals surface area contributed by atoms with Crippen molar-refractivity contribution in [2.45, 2.75) is 26.7 Å². The van der Waals surface area contributed by atoms with Crippen molar-refractivity contribution in [1.29, 1.82) is 0 Å². The van der Waals surface area contributed by atoms with E-state index in [1.165, 1.54) is 14.0 Å². The Morgan fingerprint density at radius 1 is 1.11 bits per heavy atom. The van der Waals surface area contributed by atoms with E-state index in [-0.39, 0.29) is 11.7 Å². The molecule has 0 aliphatic heterocycles. The molecule has 144 valence electrons. The van der Waals surface area contributed by atoms with E-state index < -0.39 is 0 Å². The highest BCUT2D eigenvalue weighted by Gasteiger charge is 2.13. The molecule has 6 heteroatoms. The second kappa shape index (κ2) is 9.55. The van der Waals surface area contributed by atoms with Crippen LogP contribution in [0.4, 0.5) is 5.69 Å². The number of carbonyl (C=O) groups is 2. The van der Waals surface area contributed by atoms with E-state index in [4.69, 9.17) is 9.47 Å². The van der Waals surface area contributed by atoms with Crippen LogP contribution in [0.2, 0.25) is 0 Å². The van der Waals surface area contributed by atoms with E-state index in [0.717, 1.165) is 15.7 Å². The topological polar surface area (TPSA) is 55.8 Å². The van der Waals surface area contributed by atoms with E-state index in [1.807, 2.05) is 25.1 Å². The zero-order valence-corrected chi connectivity index (χ0v) is 17.6. The normalized spacial score (nSPS) is 10.4. The first-order valence-electron chi connectivity index (χ1n) is 8.68. The van der Waals surface area contributed by atoms with Gasteiger partial charge in [0, 0.05) is 29.2 Å². The maximum absolute atomic E-state index is 12.4. The summed E-state index contributed by atoms with van der Waals surface area (Å²) in [5.41, 5.74) is 2.50. The fraction of sp³-hybridized carbons (Fsp3) is 0.333. The number of nitrogens with zero attached hydrogens (tertiary/aromatic N) is 1. The predicted molar refractivity (Wildman–Crippen MR) is 110 cm³/mol. The lowest BCUT2D eigenvalue weighted by Crippen LogP contribution is -2.27. The van der Waals surface area contributed by atoms with Gasteiger partial charge in [-0.25, -0.2) is 0 Å². The lowest BCUT2D eigenvalue weighted by molar-refractivity contribution is -0.118. The number of aryl methyl sites for hydroxylation is 1. The predicted octanol–water partition coefficient (Wildman–Crippen LogP) is 4.79. The van der Waals surface area contributed by atoms with Gasteiger partial charge in [0.15, 0.2) is 17.3 Å². The Kier molecular flexibility index (Phi) is 7.42. The van der Waals surface area contributed by atoms with Crippen molar-refractivity contribution in [2.75, 3.05) is 25.7 Å². The Bertz CT molecular complexity index is 835. The molecule has 0 aliphatic carbocycles. The van der Waals surface area contributed by atoms with Crippen LogP contribution < -0.4 is 14.4 Å². The molecule has 2 aromatic carbocycles. The number of hydrogen-bond donors (Lipinski definition) is 0. The Balaban J connectivity index is 1.89. The number of ketones is 1. The van der Waals surface area contributed by atoms with Gasteiger partial charge in [0.1, 0.15) is 0 Å². The number of rotatable bonds is 8. The van der Waals surface area contributed by atoms with Gasteiger partial charge in [-0.3, -0.25) is 9.59 Å². The molecule has 0 unspecified atom stereocenters. The monoisotopic (exact) mass is 433 g/mol. The molecule has 0 fully saturated rings. The molecule has 0 radical (unpaired) electrons. The largest absolute Gasteiger partial charge is 0.493 e. The lowest BCUT2D eigenvalue weighted by Gasteiger charge is -2.20. The molecule has 0 aromatic heterocycles.